The summed E-state index contributed by atoms with van der Waals surface area (Å²) in [5.74, 6) is -1.09. The van der Waals surface area contributed by atoms with E-state index >= 15 is 0 Å². The first kappa shape index (κ1) is 22.0. The molecule has 150 valence electrons. The Balaban J connectivity index is 2.31. The van der Waals surface area contributed by atoms with Crippen molar-refractivity contribution in [3.63, 3.8) is 0 Å². The van der Waals surface area contributed by atoms with Crippen molar-refractivity contribution >= 4 is 46.2 Å². The molecule has 0 unspecified atom stereocenters. The average molecular weight is 508 g/mol. The van der Waals surface area contributed by atoms with Crippen molar-refractivity contribution in [3.8, 4) is 23.3 Å². The van der Waals surface area contributed by atoms with Gasteiger partial charge in [-0.05, 0) is 77.6 Å². The lowest BCUT2D eigenvalue weighted by Gasteiger charge is -2.13. The number of aromatic hydroxyl groups is 1. The van der Waals surface area contributed by atoms with Crippen molar-refractivity contribution in [3.05, 3.63) is 51.1 Å². The van der Waals surface area contributed by atoms with Gasteiger partial charge >= 0.3 is 5.97 Å². The Bertz CT molecular complexity index is 980. The lowest BCUT2D eigenvalue weighted by molar-refractivity contribution is -0.139. The van der Waals surface area contributed by atoms with Crippen molar-refractivity contribution in [2.24, 2.45) is 0 Å². The number of aliphatic carboxylic acids is 1. The zero-order valence-corrected chi connectivity index (χ0v) is 17.5. The second kappa shape index (κ2) is 10.3. The lowest BCUT2D eigenvalue weighted by atomic mass is 10.1. The number of nitrogens with one attached hydrogen (secondary N) is 1. The fraction of sp³-hybridized carbons (Fsp3) is 0.150. The number of nitrogens with zero attached hydrogens (tertiary/aromatic N) is 1. The number of hydrogen-bond acceptors (Lipinski definition) is 6. The first-order valence-electron chi connectivity index (χ1n) is 8.37. The third-order valence-corrected chi connectivity index (χ3v) is 4.27. The number of phenolic OH excluding ortho intramolecular Hbond substituents is 1. The topological polar surface area (TPSA) is 129 Å². The van der Waals surface area contributed by atoms with Crippen LogP contribution >= 0.6 is 22.6 Å². The van der Waals surface area contributed by atoms with Gasteiger partial charge in [0.05, 0.1) is 10.2 Å². The van der Waals surface area contributed by atoms with E-state index in [0.29, 0.717) is 27.2 Å². The summed E-state index contributed by atoms with van der Waals surface area (Å²) in [5, 5.41) is 30.1. The molecule has 0 radical (unpaired) electrons. The molecule has 0 bridgehead atoms. The number of carbonyl (C=O) groups excluding carboxylic acids is 1. The number of carboxylic acid groups (broad SMARTS) is 1. The van der Waals surface area contributed by atoms with Gasteiger partial charge < -0.3 is 25.0 Å². The number of carbonyl (C=O) groups is 2. The van der Waals surface area contributed by atoms with Gasteiger partial charge in [-0.25, -0.2) is 4.79 Å². The molecule has 0 aliphatic heterocycles. The molecule has 9 heteroatoms. The van der Waals surface area contributed by atoms with E-state index < -0.39 is 18.5 Å². The smallest absolute Gasteiger partial charge is 0.341 e. The maximum atomic E-state index is 12.4. The highest BCUT2D eigenvalue weighted by Gasteiger charge is 2.15. The average Bonchev–Trinajstić information content (AvgIpc) is 2.67. The molecule has 2 rings (SSSR count). The third-order valence-electron chi connectivity index (χ3n) is 3.47. The van der Waals surface area contributed by atoms with Gasteiger partial charge in [0.15, 0.2) is 18.1 Å². The molecule has 0 saturated carbocycles. The van der Waals surface area contributed by atoms with Crippen molar-refractivity contribution in [1.82, 2.24) is 0 Å². The van der Waals surface area contributed by atoms with Crippen LogP contribution in [0.25, 0.3) is 6.08 Å². The van der Waals surface area contributed by atoms with Crippen molar-refractivity contribution in [2.45, 2.75) is 6.92 Å². The number of halogens is 1. The van der Waals surface area contributed by atoms with E-state index in [4.69, 9.17) is 14.6 Å². The summed E-state index contributed by atoms with van der Waals surface area (Å²) in [6.07, 6.45) is 1.39. The molecule has 0 saturated heterocycles. The molecule has 3 N–H and O–H groups in total. The zero-order chi connectivity index (χ0) is 21.4. The predicted molar refractivity (Wildman–Crippen MR) is 114 cm³/mol. The number of benzene rings is 2. The Labute approximate surface area is 180 Å². The number of carboxylic acids is 1. The summed E-state index contributed by atoms with van der Waals surface area (Å²) in [6, 6.07) is 10.9. The molecular formula is C20H17IN2O6. The van der Waals surface area contributed by atoms with Crippen LogP contribution < -0.4 is 14.8 Å². The van der Waals surface area contributed by atoms with Crippen molar-refractivity contribution in [2.75, 3.05) is 18.5 Å². The van der Waals surface area contributed by atoms with Gasteiger partial charge in [-0.3, -0.25) is 4.79 Å². The van der Waals surface area contributed by atoms with Crippen LogP contribution in [0.5, 0.6) is 17.2 Å². The zero-order valence-electron chi connectivity index (χ0n) is 15.3. The second-order valence-corrected chi connectivity index (χ2v) is 6.78. The quantitative estimate of drug-likeness (QED) is 0.216. The molecule has 29 heavy (non-hydrogen) atoms. The Hall–Kier alpha value is -3.26. The fourth-order valence-corrected chi connectivity index (χ4v) is 3.05. The summed E-state index contributed by atoms with van der Waals surface area (Å²) >= 11 is 1.96. The van der Waals surface area contributed by atoms with Gasteiger partial charge in [0.2, 0.25) is 0 Å². The highest BCUT2D eigenvalue weighted by atomic mass is 127. The van der Waals surface area contributed by atoms with Gasteiger partial charge in [-0.2, -0.15) is 5.26 Å². The molecule has 0 aromatic heterocycles. The van der Waals surface area contributed by atoms with Gasteiger partial charge in [0.1, 0.15) is 17.4 Å². The molecule has 0 aliphatic carbocycles. The van der Waals surface area contributed by atoms with E-state index in [0.717, 1.165) is 0 Å². The molecule has 0 fully saturated rings. The number of anilines is 1. The normalized spacial score (nSPS) is 10.7. The van der Waals surface area contributed by atoms with E-state index in [9.17, 15) is 20.0 Å². The largest absolute Gasteiger partial charge is 0.508 e. The summed E-state index contributed by atoms with van der Waals surface area (Å²) in [7, 11) is 0. The second-order valence-electron chi connectivity index (χ2n) is 5.62. The van der Waals surface area contributed by atoms with Crippen molar-refractivity contribution < 1.29 is 29.3 Å². The lowest BCUT2D eigenvalue weighted by Crippen LogP contribution is -2.13. The Kier molecular flexibility index (Phi) is 7.85. The molecule has 8 nitrogen and oxygen atoms in total. The number of rotatable bonds is 8. The van der Waals surface area contributed by atoms with Crippen LogP contribution in [0, 0.1) is 14.9 Å². The molecule has 1 amide bonds. The number of nitriles is 1. The van der Waals surface area contributed by atoms with E-state index in [1.165, 1.54) is 30.3 Å². The van der Waals surface area contributed by atoms with Crippen LogP contribution in [-0.4, -0.2) is 35.3 Å². The van der Waals surface area contributed by atoms with Crippen molar-refractivity contribution in [1.29, 1.82) is 5.26 Å². The maximum absolute atomic E-state index is 12.4. The van der Waals surface area contributed by atoms with Gasteiger partial charge in [0.25, 0.3) is 5.91 Å². The monoisotopic (exact) mass is 508 g/mol. The predicted octanol–water partition coefficient (Wildman–Crippen LogP) is 3.40. The number of amides is 1. The summed E-state index contributed by atoms with van der Waals surface area (Å²) < 4.78 is 11.4. The SMILES string of the molecule is CCOc1cc(/C=C(\C#N)C(=O)Nc2ccc(O)cc2)cc(I)c1OCC(=O)O. The first-order chi connectivity index (χ1) is 13.8. The van der Waals surface area contributed by atoms with Crippen LogP contribution in [0.1, 0.15) is 12.5 Å². The molecule has 0 aliphatic rings. The molecule has 0 atom stereocenters. The van der Waals surface area contributed by atoms with E-state index in [1.54, 1.807) is 19.1 Å². The van der Waals surface area contributed by atoms with E-state index in [1.807, 2.05) is 28.7 Å². The van der Waals surface area contributed by atoms with Crippen LogP contribution in [0.3, 0.4) is 0 Å². The third kappa shape index (κ3) is 6.39. The molecular weight excluding hydrogens is 491 g/mol. The molecule has 0 heterocycles. The minimum Gasteiger partial charge on any atom is -0.508 e. The fourth-order valence-electron chi connectivity index (χ4n) is 2.27. The Morgan fingerprint density at radius 2 is 1.93 bits per heavy atom. The standard InChI is InChI=1S/C20H17IN2O6/c1-2-28-17-9-12(8-16(21)19(17)29-11-18(25)26)7-13(10-22)20(27)23-14-3-5-15(24)6-4-14/h3-9,24H,2,11H2,1H3,(H,23,27)(H,25,26)/b13-7+. The van der Waals surface area contributed by atoms with Gasteiger partial charge in [0, 0.05) is 5.69 Å². The molecule has 2 aromatic carbocycles. The minimum atomic E-state index is -1.12. The van der Waals surface area contributed by atoms with Crippen LogP contribution in [0.2, 0.25) is 0 Å². The number of hydrogen-bond donors (Lipinski definition) is 3. The minimum absolute atomic E-state index is 0.0577. The number of ether oxygens (including phenoxy) is 2. The van der Waals surface area contributed by atoms with E-state index in [-0.39, 0.29) is 17.1 Å². The number of phenols is 1. The summed E-state index contributed by atoms with van der Waals surface area (Å²) in [4.78, 5) is 23.2. The van der Waals surface area contributed by atoms with Crippen LogP contribution in [0.15, 0.2) is 42.0 Å². The molecule has 2 aromatic rings. The highest BCUT2D eigenvalue weighted by Crippen LogP contribution is 2.35. The Morgan fingerprint density at radius 3 is 2.52 bits per heavy atom. The first-order valence-corrected chi connectivity index (χ1v) is 9.45. The van der Waals surface area contributed by atoms with Crippen LogP contribution in [-0.2, 0) is 9.59 Å². The van der Waals surface area contributed by atoms with Crippen LogP contribution in [0.4, 0.5) is 5.69 Å². The highest BCUT2D eigenvalue weighted by molar-refractivity contribution is 14.1. The van der Waals surface area contributed by atoms with E-state index in [2.05, 4.69) is 5.32 Å². The maximum Gasteiger partial charge on any atom is 0.341 e. The Morgan fingerprint density at radius 1 is 1.24 bits per heavy atom. The molecule has 0 spiro atoms. The van der Waals surface area contributed by atoms with Gasteiger partial charge in [-0.15, -0.1) is 0 Å². The summed E-state index contributed by atoms with van der Waals surface area (Å²) in [5.41, 5.74) is 0.796. The van der Waals surface area contributed by atoms with Gasteiger partial charge in [-0.1, -0.05) is 0 Å². The summed E-state index contributed by atoms with van der Waals surface area (Å²) in [6.45, 7) is 1.56.